The van der Waals surface area contributed by atoms with Gasteiger partial charge in [-0.1, -0.05) is 49.4 Å². The van der Waals surface area contributed by atoms with Crippen molar-refractivity contribution in [1.29, 1.82) is 0 Å². The highest BCUT2D eigenvalue weighted by atomic mass is 16.5. The second-order valence-corrected chi connectivity index (χ2v) is 7.88. The Morgan fingerprint density at radius 3 is 2.60 bits per heavy atom. The summed E-state index contributed by atoms with van der Waals surface area (Å²) in [6.07, 6.45) is 4.18. The standard InChI is InChI=1S/C23H30N2O5/c1-3-30-23(29)18-15(2)10-11-17-19(18)22(28)25(12-7-13-26)20(17)21(27)24-14-16-8-5-4-6-9-16/h4-6,8-11,15,17-20,26H,3,7,12-14H2,1-2H3,(H,24,27)/t15-,17+,18-,19-,20+/m1/s1. The van der Waals surface area contributed by atoms with Crippen LogP contribution in [0.3, 0.4) is 0 Å². The van der Waals surface area contributed by atoms with Crippen molar-refractivity contribution in [2.75, 3.05) is 19.8 Å². The first kappa shape index (κ1) is 22.0. The van der Waals surface area contributed by atoms with Crippen LogP contribution in [0.2, 0.25) is 0 Å². The van der Waals surface area contributed by atoms with E-state index in [0.717, 1.165) is 5.56 Å². The zero-order valence-electron chi connectivity index (χ0n) is 17.5. The van der Waals surface area contributed by atoms with Gasteiger partial charge in [0.2, 0.25) is 11.8 Å². The van der Waals surface area contributed by atoms with Gasteiger partial charge in [0, 0.05) is 25.6 Å². The number of nitrogens with one attached hydrogen (secondary N) is 1. The number of aliphatic hydroxyl groups excluding tert-OH is 1. The molecule has 2 N–H and O–H groups in total. The number of hydrogen-bond acceptors (Lipinski definition) is 5. The summed E-state index contributed by atoms with van der Waals surface area (Å²) < 4.78 is 5.24. The van der Waals surface area contributed by atoms with E-state index in [4.69, 9.17) is 4.74 Å². The van der Waals surface area contributed by atoms with E-state index < -0.39 is 29.8 Å². The molecule has 7 heteroatoms. The number of fused-ring (bicyclic) bond motifs is 1. The fraction of sp³-hybridized carbons (Fsp3) is 0.522. The molecular weight excluding hydrogens is 384 g/mol. The van der Waals surface area contributed by atoms with Gasteiger partial charge < -0.3 is 20.1 Å². The smallest absolute Gasteiger partial charge is 0.310 e. The van der Waals surface area contributed by atoms with Crippen molar-refractivity contribution in [2.45, 2.75) is 32.9 Å². The van der Waals surface area contributed by atoms with Gasteiger partial charge >= 0.3 is 5.97 Å². The number of ether oxygens (including phenoxy) is 1. The van der Waals surface area contributed by atoms with Crippen LogP contribution in [0.4, 0.5) is 0 Å². The van der Waals surface area contributed by atoms with Crippen LogP contribution in [0.5, 0.6) is 0 Å². The number of benzene rings is 1. The molecule has 0 radical (unpaired) electrons. The van der Waals surface area contributed by atoms with Gasteiger partial charge in [0.1, 0.15) is 6.04 Å². The van der Waals surface area contributed by atoms with Crippen LogP contribution in [-0.4, -0.2) is 53.6 Å². The van der Waals surface area contributed by atoms with E-state index in [1.807, 2.05) is 49.4 Å². The van der Waals surface area contributed by atoms with Crippen LogP contribution < -0.4 is 5.32 Å². The highest BCUT2D eigenvalue weighted by molar-refractivity contribution is 5.96. The average molecular weight is 415 g/mol. The Balaban J connectivity index is 1.86. The summed E-state index contributed by atoms with van der Waals surface area (Å²) in [6, 6.07) is 8.85. The molecule has 0 aromatic heterocycles. The van der Waals surface area contributed by atoms with E-state index in [0.29, 0.717) is 13.0 Å². The lowest BCUT2D eigenvalue weighted by Crippen LogP contribution is -2.47. The molecule has 3 rings (SSSR count). The second kappa shape index (κ2) is 9.89. The molecule has 30 heavy (non-hydrogen) atoms. The number of allylic oxidation sites excluding steroid dienone is 1. The van der Waals surface area contributed by atoms with Crippen LogP contribution in [0.25, 0.3) is 0 Å². The zero-order valence-corrected chi connectivity index (χ0v) is 17.5. The van der Waals surface area contributed by atoms with Gasteiger partial charge in [-0.25, -0.2) is 0 Å². The van der Waals surface area contributed by atoms with Crippen LogP contribution in [0.15, 0.2) is 42.5 Å². The first-order valence-corrected chi connectivity index (χ1v) is 10.6. The second-order valence-electron chi connectivity index (χ2n) is 7.88. The van der Waals surface area contributed by atoms with Crippen molar-refractivity contribution < 1.29 is 24.2 Å². The Labute approximate surface area is 177 Å². The van der Waals surface area contributed by atoms with Crippen molar-refractivity contribution in [3.8, 4) is 0 Å². The number of rotatable bonds is 8. The van der Waals surface area contributed by atoms with Crippen LogP contribution in [0, 0.1) is 23.7 Å². The molecule has 1 aromatic rings. The Bertz CT molecular complexity index is 794. The number of amides is 2. The van der Waals surface area contributed by atoms with E-state index >= 15 is 0 Å². The SMILES string of the molecule is CCOC(=O)[C@H]1[C@@H]2C(=O)N(CCCO)[C@H](C(=O)NCc3ccccc3)[C@H]2C=C[C@H]1C. The largest absolute Gasteiger partial charge is 0.466 e. The third-order valence-corrected chi connectivity index (χ3v) is 5.97. The summed E-state index contributed by atoms with van der Waals surface area (Å²) in [7, 11) is 0. The first-order chi connectivity index (χ1) is 14.5. The summed E-state index contributed by atoms with van der Waals surface area (Å²) in [5.41, 5.74) is 0.964. The molecule has 1 fully saturated rings. The molecule has 1 heterocycles. The number of hydrogen-bond donors (Lipinski definition) is 2. The zero-order chi connectivity index (χ0) is 21.7. The molecule has 0 spiro atoms. The van der Waals surface area contributed by atoms with Crippen molar-refractivity contribution >= 4 is 17.8 Å². The summed E-state index contributed by atoms with van der Waals surface area (Å²) in [5.74, 6) is -2.67. The number of aliphatic hydroxyl groups is 1. The van der Waals surface area contributed by atoms with E-state index in [-0.39, 0.29) is 37.5 Å². The van der Waals surface area contributed by atoms with Crippen LogP contribution >= 0.6 is 0 Å². The Hall–Kier alpha value is -2.67. The molecule has 162 valence electrons. The maximum absolute atomic E-state index is 13.3. The van der Waals surface area contributed by atoms with Crippen LogP contribution in [0.1, 0.15) is 25.8 Å². The third-order valence-electron chi connectivity index (χ3n) is 5.97. The Morgan fingerprint density at radius 2 is 1.93 bits per heavy atom. The molecule has 0 saturated carbocycles. The fourth-order valence-electron chi connectivity index (χ4n) is 4.56. The predicted molar refractivity (Wildman–Crippen MR) is 111 cm³/mol. The first-order valence-electron chi connectivity index (χ1n) is 10.6. The molecule has 1 saturated heterocycles. The van der Waals surface area contributed by atoms with Gasteiger partial charge in [0.25, 0.3) is 0 Å². The number of esters is 1. The van der Waals surface area contributed by atoms with Gasteiger partial charge in [0.05, 0.1) is 18.4 Å². The molecule has 1 aliphatic heterocycles. The Morgan fingerprint density at radius 1 is 1.20 bits per heavy atom. The lowest BCUT2D eigenvalue weighted by Gasteiger charge is -2.32. The van der Waals surface area contributed by atoms with Crippen LogP contribution in [-0.2, 0) is 25.7 Å². The fourth-order valence-corrected chi connectivity index (χ4v) is 4.56. The maximum Gasteiger partial charge on any atom is 0.310 e. The average Bonchev–Trinajstić information content (AvgIpc) is 3.03. The molecule has 2 aliphatic rings. The maximum atomic E-state index is 13.3. The molecule has 5 atom stereocenters. The molecular formula is C23H30N2O5. The van der Waals surface area contributed by atoms with Gasteiger partial charge in [-0.2, -0.15) is 0 Å². The minimum atomic E-state index is -0.710. The summed E-state index contributed by atoms with van der Waals surface area (Å²) in [6.45, 7) is 4.42. The lowest BCUT2D eigenvalue weighted by molar-refractivity contribution is -0.155. The highest BCUT2D eigenvalue weighted by Crippen LogP contribution is 2.44. The van der Waals surface area contributed by atoms with Gasteiger partial charge in [-0.05, 0) is 24.8 Å². The summed E-state index contributed by atoms with van der Waals surface area (Å²) >= 11 is 0. The van der Waals surface area contributed by atoms with Crippen molar-refractivity contribution in [1.82, 2.24) is 10.2 Å². The van der Waals surface area contributed by atoms with Gasteiger partial charge in [0.15, 0.2) is 0 Å². The monoisotopic (exact) mass is 414 g/mol. The summed E-state index contributed by atoms with van der Waals surface area (Å²) in [4.78, 5) is 40.6. The molecule has 7 nitrogen and oxygen atoms in total. The number of carbonyl (C=O) groups excluding carboxylic acids is 3. The lowest BCUT2D eigenvalue weighted by atomic mass is 9.70. The van der Waals surface area contributed by atoms with Gasteiger partial charge in [-0.15, -0.1) is 0 Å². The number of nitrogens with zero attached hydrogens (tertiary/aromatic N) is 1. The van der Waals surface area contributed by atoms with Crippen molar-refractivity contribution in [2.24, 2.45) is 23.7 Å². The molecule has 1 aromatic carbocycles. The van der Waals surface area contributed by atoms with E-state index in [9.17, 15) is 19.5 Å². The van der Waals surface area contributed by atoms with E-state index in [1.54, 1.807) is 6.92 Å². The van der Waals surface area contributed by atoms with Crippen molar-refractivity contribution in [3.05, 3.63) is 48.0 Å². The molecule has 1 aliphatic carbocycles. The van der Waals surface area contributed by atoms with E-state index in [2.05, 4.69) is 5.32 Å². The molecule has 2 amide bonds. The summed E-state index contributed by atoms with van der Waals surface area (Å²) in [5, 5.41) is 12.2. The predicted octanol–water partition coefficient (Wildman–Crippen LogP) is 1.51. The minimum Gasteiger partial charge on any atom is -0.466 e. The van der Waals surface area contributed by atoms with E-state index in [1.165, 1.54) is 4.90 Å². The normalized spacial score (nSPS) is 27.6. The van der Waals surface area contributed by atoms with Gasteiger partial charge in [-0.3, -0.25) is 14.4 Å². The molecule has 0 bridgehead atoms. The Kier molecular flexibility index (Phi) is 7.26. The topological polar surface area (TPSA) is 95.9 Å². The highest BCUT2D eigenvalue weighted by Gasteiger charge is 2.56. The molecule has 0 unspecified atom stereocenters. The third kappa shape index (κ3) is 4.41. The number of carbonyl (C=O) groups is 3. The minimum absolute atomic E-state index is 0.0784. The quantitative estimate of drug-likeness (QED) is 0.497. The van der Waals surface area contributed by atoms with Crippen molar-refractivity contribution in [3.63, 3.8) is 0 Å². The number of likely N-dealkylation sites (tertiary alicyclic amines) is 1.